The zero-order chi connectivity index (χ0) is 13.3. The molecule has 0 aliphatic heterocycles. The van der Waals surface area contributed by atoms with Crippen molar-refractivity contribution in [1.29, 1.82) is 0 Å². The van der Waals surface area contributed by atoms with E-state index >= 15 is 0 Å². The molecule has 0 saturated carbocycles. The lowest BCUT2D eigenvalue weighted by Gasteiger charge is -2.04. The quantitative estimate of drug-likeness (QED) is 0.926. The fourth-order valence-electron chi connectivity index (χ4n) is 1.48. The molecule has 6 heteroatoms. The van der Waals surface area contributed by atoms with Crippen LogP contribution in [0.15, 0.2) is 24.4 Å². The van der Waals surface area contributed by atoms with Gasteiger partial charge in [0.05, 0.1) is 10.7 Å². The molecule has 0 aliphatic rings. The van der Waals surface area contributed by atoms with E-state index in [0.29, 0.717) is 11.7 Å². The number of nitrogens with zero attached hydrogens (tertiary/aromatic N) is 3. The Kier molecular flexibility index (Phi) is 3.34. The number of carboxylic acid groups (broad SMARTS) is 1. The molecule has 18 heavy (non-hydrogen) atoms. The molecular weight excluding hydrogens is 254 g/mol. The van der Waals surface area contributed by atoms with Crippen LogP contribution in [0.2, 0.25) is 5.02 Å². The molecule has 0 aliphatic carbocycles. The fraction of sp³-hybridized carbons (Fsp3) is 0.250. The molecule has 2 heterocycles. The van der Waals surface area contributed by atoms with Crippen molar-refractivity contribution in [3.63, 3.8) is 0 Å². The van der Waals surface area contributed by atoms with Crippen molar-refractivity contribution >= 4 is 17.6 Å². The number of aromatic carboxylic acids is 1. The van der Waals surface area contributed by atoms with Gasteiger partial charge >= 0.3 is 5.97 Å². The van der Waals surface area contributed by atoms with Crippen molar-refractivity contribution in [2.24, 2.45) is 0 Å². The third-order valence-electron chi connectivity index (χ3n) is 2.47. The third-order valence-corrected chi connectivity index (χ3v) is 2.77. The number of hydrogen-bond acceptors (Lipinski definition) is 3. The van der Waals surface area contributed by atoms with Gasteiger partial charge in [-0.2, -0.15) is 5.10 Å². The van der Waals surface area contributed by atoms with E-state index in [1.807, 2.05) is 19.9 Å². The maximum absolute atomic E-state index is 10.9. The maximum Gasteiger partial charge on any atom is 0.356 e. The number of halogens is 1. The summed E-state index contributed by atoms with van der Waals surface area (Å²) in [7, 11) is 0. The van der Waals surface area contributed by atoms with E-state index in [4.69, 9.17) is 16.7 Å². The summed E-state index contributed by atoms with van der Waals surface area (Å²) in [6.45, 7) is 4.06. The van der Waals surface area contributed by atoms with Crippen LogP contribution in [-0.2, 0) is 0 Å². The van der Waals surface area contributed by atoms with Gasteiger partial charge in [-0.15, -0.1) is 0 Å². The maximum atomic E-state index is 10.9. The zero-order valence-corrected chi connectivity index (χ0v) is 10.7. The highest BCUT2D eigenvalue weighted by atomic mass is 35.5. The van der Waals surface area contributed by atoms with Crippen molar-refractivity contribution in [3.05, 3.63) is 40.8 Å². The number of carbonyl (C=O) groups is 1. The lowest BCUT2D eigenvalue weighted by molar-refractivity contribution is 0.0690. The molecule has 94 valence electrons. The average Bonchev–Trinajstić information content (AvgIpc) is 2.78. The van der Waals surface area contributed by atoms with Crippen LogP contribution in [0.3, 0.4) is 0 Å². The van der Waals surface area contributed by atoms with Crippen molar-refractivity contribution in [1.82, 2.24) is 14.8 Å². The monoisotopic (exact) mass is 265 g/mol. The van der Waals surface area contributed by atoms with Gasteiger partial charge in [0.25, 0.3) is 0 Å². The van der Waals surface area contributed by atoms with Crippen LogP contribution in [0.5, 0.6) is 0 Å². The summed E-state index contributed by atoms with van der Waals surface area (Å²) in [5, 5.41) is 13.4. The Morgan fingerprint density at radius 2 is 2.11 bits per heavy atom. The first-order valence-corrected chi connectivity index (χ1v) is 5.82. The minimum absolute atomic E-state index is 0.113. The standard InChI is InChI=1S/C12H12ClN3O2/c1-7(2)9-5-6-16(15-9)10-4-3-8(13)11(14-10)12(17)18/h3-7H,1-2H3,(H,17,18). The summed E-state index contributed by atoms with van der Waals surface area (Å²) in [5.74, 6) is -0.417. The van der Waals surface area contributed by atoms with Crippen LogP contribution < -0.4 is 0 Å². The Bertz CT molecular complexity index is 593. The summed E-state index contributed by atoms with van der Waals surface area (Å²) in [6.07, 6.45) is 1.75. The van der Waals surface area contributed by atoms with Crippen LogP contribution in [0.1, 0.15) is 35.9 Å². The summed E-state index contributed by atoms with van der Waals surface area (Å²) in [4.78, 5) is 14.9. The molecule has 0 atom stereocenters. The van der Waals surface area contributed by atoms with Crippen LogP contribution in [0.4, 0.5) is 0 Å². The second-order valence-electron chi connectivity index (χ2n) is 4.14. The molecule has 2 aromatic rings. The molecule has 0 fully saturated rings. The van der Waals surface area contributed by atoms with E-state index in [0.717, 1.165) is 5.69 Å². The zero-order valence-electron chi connectivity index (χ0n) is 9.96. The predicted molar refractivity (Wildman–Crippen MR) is 67.4 cm³/mol. The molecule has 0 radical (unpaired) electrons. The van der Waals surface area contributed by atoms with Gasteiger partial charge in [-0.3, -0.25) is 0 Å². The largest absolute Gasteiger partial charge is 0.476 e. The molecule has 0 spiro atoms. The lowest BCUT2D eigenvalue weighted by Crippen LogP contribution is -2.06. The van der Waals surface area contributed by atoms with Crippen molar-refractivity contribution in [2.75, 3.05) is 0 Å². The fourth-order valence-corrected chi connectivity index (χ4v) is 1.67. The molecule has 0 aromatic carbocycles. The minimum Gasteiger partial charge on any atom is -0.476 e. The Hall–Kier alpha value is -1.88. The summed E-state index contributed by atoms with van der Waals surface area (Å²) < 4.78 is 1.54. The van der Waals surface area contributed by atoms with Crippen molar-refractivity contribution in [3.8, 4) is 5.82 Å². The molecule has 1 N–H and O–H groups in total. The lowest BCUT2D eigenvalue weighted by atomic mass is 10.1. The van der Waals surface area contributed by atoms with Gasteiger partial charge in [0.15, 0.2) is 11.5 Å². The smallest absolute Gasteiger partial charge is 0.356 e. The molecule has 5 nitrogen and oxygen atoms in total. The second-order valence-corrected chi connectivity index (χ2v) is 4.55. The summed E-state index contributed by atoms with van der Waals surface area (Å²) >= 11 is 5.76. The van der Waals surface area contributed by atoms with Gasteiger partial charge in [-0.1, -0.05) is 25.4 Å². The van der Waals surface area contributed by atoms with Crippen molar-refractivity contribution < 1.29 is 9.90 Å². The molecular formula is C12H12ClN3O2. The van der Waals surface area contributed by atoms with Gasteiger partial charge in [-0.05, 0) is 24.1 Å². The minimum atomic E-state index is -1.15. The number of pyridine rings is 1. The molecule has 0 bridgehead atoms. The highest BCUT2D eigenvalue weighted by Crippen LogP contribution is 2.17. The topological polar surface area (TPSA) is 68.0 Å². The molecule has 0 unspecified atom stereocenters. The van der Waals surface area contributed by atoms with E-state index in [-0.39, 0.29) is 10.7 Å². The Morgan fingerprint density at radius 1 is 1.39 bits per heavy atom. The first kappa shape index (κ1) is 12.6. The molecule has 0 saturated heterocycles. The van der Waals surface area contributed by atoms with Crippen LogP contribution >= 0.6 is 11.6 Å². The van der Waals surface area contributed by atoms with Gasteiger partial charge in [0, 0.05) is 6.20 Å². The van der Waals surface area contributed by atoms with Crippen LogP contribution in [0, 0.1) is 0 Å². The number of aromatic nitrogens is 3. The Balaban J connectivity index is 2.44. The van der Waals surface area contributed by atoms with E-state index in [9.17, 15) is 4.79 Å². The van der Waals surface area contributed by atoms with E-state index in [2.05, 4.69) is 10.1 Å². The SMILES string of the molecule is CC(C)c1ccn(-c2ccc(Cl)c(C(=O)O)n2)n1. The predicted octanol–water partition coefficient (Wildman–Crippen LogP) is 2.74. The van der Waals surface area contributed by atoms with Crippen LogP contribution in [-0.4, -0.2) is 25.8 Å². The molecule has 2 aromatic heterocycles. The van der Waals surface area contributed by atoms with Crippen LogP contribution in [0.25, 0.3) is 5.82 Å². The normalized spacial score (nSPS) is 10.9. The highest BCUT2D eigenvalue weighted by Gasteiger charge is 2.13. The highest BCUT2D eigenvalue weighted by molar-refractivity contribution is 6.33. The number of hydrogen-bond donors (Lipinski definition) is 1. The van der Waals surface area contributed by atoms with E-state index in [1.165, 1.54) is 10.7 Å². The second kappa shape index (κ2) is 4.78. The van der Waals surface area contributed by atoms with Gasteiger partial charge in [0.1, 0.15) is 0 Å². The van der Waals surface area contributed by atoms with Gasteiger partial charge in [-0.25, -0.2) is 14.5 Å². The van der Waals surface area contributed by atoms with Gasteiger partial charge < -0.3 is 5.11 Å². The average molecular weight is 266 g/mol. The van der Waals surface area contributed by atoms with E-state index < -0.39 is 5.97 Å². The van der Waals surface area contributed by atoms with Gasteiger partial charge in [0.2, 0.25) is 0 Å². The van der Waals surface area contributed by atoms with E-state index in [1.54, 1.807) is 12.3 Å². The Labute approximate surface area is 109 Å². The summed E-state index contributed by atoms with van der Waals surface area (Å²) in [6, 6.07) is 5.01. The third kappa shape index (κ3) is 2.36. The number of carboxylic acids is 1. The Morgan fingerprint density at radius 3 is 2.67 bits per heavy atom. The summed E-state index contributed by atoms with van der Waals surface area (Å²) in [5.41, 5.74) is 0.749. The van der Waals surface area contributed by atoms with Crippen molar-refractivity contribution in [2.45, 2.75) is 19.8 Å². The molecule has 2 rings (SSSR count). The number of rotatable bonds is 3. The first-order chi connectivity index (χ1) is 8.49. The molecule has 0 amide bonds. The first-order valence-electron chi connectivity index (χ1n) is 5.45.